The second-order valence-corrected chi connectivity index (χ2v) is 9.76. The molecule has 0 saturated heterocycles. The van der Waals surface area contributed by atoms with Crippen molar-refractivity contribution in [3.8, 4) is 0 Å². The van der Waals surface area contributed by atoms with Gasteiger partial charge in [0.1, 0.15) is 11.2 Å². The summed E-state index contributed by atoms with van der Waals surface area (Å²) in [6.45, 7) is 4.62. The van der Waals surface area contributed by atoms with Gasteiger partial charge in [-0.1, -0.05) is 25.0 Å². The number of carbonyl (C=O) groups excluding carboxylic acids is 3. The van der Waals surface area contributed by atoms with E-state index in [4.69, 9.17) is 0 Å². The highest BCUT2D eigenvalue weighted by Gasteiger charge is 2.48. The number of hydrogen-bond acceptors (Lipinski definition) is 5. The zero-order valence-corrected chi connectivity index (χ0v) is 20.2. The lowest BCUT2D eigenvalue weighted by atomic mass is 9.94. The van der Waals surface area contributed by atoms with Gasteiger partial charge in [-0.3, -0.25) is 19.1 Å². The minimum atomic E-state index is -1.06. The van der Waals surface area contributed by atoms with E-state index in [2.05, 4.69) is 15.7 Å². The highest BCUT2D eigenvalue weighted by atomic mass is 32.2. The molecule has 1 fully saturated rings. The lowest BCUT2D eigenvalue weighted by Crippen LogP contribution is -2.64. The third-order valence-corrected chi connectivity index (χ3v) is 7.38. The normalized spacial score (nSPS) is 20.6. The molecule has 33 heavy (non-hydrogen) atoms. The van der Waals surface area contributed by atoms with Crippen LogP contribution in [0.5, 0.6) is 0 Å². The number of thioether (sulfide) groups is 1. The van der Waals surface area contributed by atoms with Gasteiger partial charge in [0.15, 0.2) is 5.69 Å². The van der Waals surface area contributed by atoms with E-state index in [0.717, 1.165) is 36.1 Å². The van der Waals surface area contributed by atoms with E-state index in [1.807, 2.05) is 37.4 Å². The molecule has 1 aromatic carbocycles. The van der Waals surface area contributed by atoms with Gasteiger partial charge >= 0.3 is 0 Å². The zero-order chi connectivity index (χ0) is 23.6. The van der Waals surface area contributed by atoms with Gasteiger partial charge in [-0.2, -0.15) is 5.10 Å². The summed E-state index contributed by atoms with van der Waals surface area (Å²) in [6, 6.07) is 9.65. The van der Waals surface area contributed by atoms with Gasteiger partial charge in [0, 0.05) is 30.1 Å². The van der Waals surface area contributed by atoms with Crippen LogP contribution in [0, 0.1) is 0 Å². The Morgan fingerprint density at radius 3 is 2.55 bits per heavy atom. The van der Waals surface area contributed by atoms with Crippen LogP contribution in [0.4, 0.5) is 0 Å². The smallest absolute Gasteiger partial charge is 0.273 e. The highest BCUT2D eigenvalue weighted by Crippen LogP contribution is 2.28. The van der Waals surface area contributed by atoms with Gasteiger partial charge < -0.3 is 15.5 Å². The zero-order valence-electron chi connectivity index (χ0n) is 19.4. The summed E-state index contributed by atoms with van der Waals surface area (Å²) < 4.78 is 1.50. The molecule has 1 aliphatic carbocycles. The molecular formula is C24H31N5O3S. The van der Waals surface area contributed by atoms with Gasteiger partial charge in [0.2, 0.25) is 5.91 Å². The van der Waals surface area contributed by atoms with E-state index >= 15 is 0 Å². The number of fused-ring (bicyclic) bond motifs is 1. The Balaban J connectivity index is 1.49. The van der Waals surface area contributed by atoms with E-state index < -0.39 is 5.54 Å². The summed E-state index contributed by atoms with van der Waals surface area (Å²) in [7, 11) is 0. The maximum atomic E-state index is 13.2. The molecule has 2 aromatic rings. The summed E-state index contributed by atoms with van der Waals surface area (Å²) in [5.74, 6) is -0.795. The van der Waals surface area contributed by atoms with E-state index in [9.17, 15) is 14.4 Å². The van der Waals surface area contributed by atoms with Crippen LogP contribution in [0.25, 0.3) is 0 Å². The first-order chi connectivity index (χ1) is 15.9. The Hall–Kier alpha value is -2.81. The number of aromatic nitrogens is 2. The minimum absolute atomic E-state index is 0.161. The molecule has 4 rings (SSSR count). The predicted octanol–water partition coefficient (Wildman–Crippen LogP) is 2.83. The van der Waals surface area contributed by atoms with Crippen molar-refractivity contribution in [3.05, 3.63) is 47.3 Å². The van der Waals surface area contributed by atoms with Crippen LogP contribution < -0.4 is 10.6 Å². The number of amides is 3. The Kier molecular flexibility index (Phi) is 6.78. The van der Waals surface area contributed by atoms with Crippen LogP contribution in [0.2, 0.25) is 0 Å². The molecule has 1 atom stereocenters. The van der Waals surface area contributed by atoms with Crippen LogP contribution in [-0.2, 0) is 17.9 Å². The Labute approximate surface area is 198 Å². The number of nitrogens with one attached hydrogen (secondary N) is 2. The summed E-state index contributed by atoms with van der Waals surface area (Å²) >= 11 is 1.66. The molecule has 1 aliphatic heterocycles. The first-order valence-electron chi connectivity index (χ1n) is 11.5. The van der Waals surface area contributed by atoms with Crippen LogP contribution in [-0.4, -0.2) is 56.8 Å². The SMILES string of the molecule is CCN1C(=O)c2cc(C(=O)NCc3ccc(SC)cc3)nn2C[C@]1(C)C(=O)NC1CCCC1. The standard InChI is InChI=1S/C24H31N5O3S/c1-4-28-22(31)20-13-19(21(30)25-14-16-9-11-18(33-3)12-10-16)27-29(20)15-24(28,2)23(32)26-17-7-5-6-8-17/h9-13,17H,4-8,14-15H2,1-3H3,(H,25,30)(H,26,32)/t24-/m1/s1. The van der Waals surface area contributed by atoms with E-state index in [1.54, 1.807) is 23.6 Å². The van der Waals surface area contributed by atoms with Crippen molar-refractivity contribution < 1.29 is 14.4 Å². The van der Waals surface area contributed by atoms with Crippen molar-refractivity contribution in [2.24, 2.45) is 0 Å². The third kappa shape index (κ3) is 4.64. The second-order valence-electron chi connectivity index (χ2n) is 8.88. The number of carbonyl (C=O) groups is 3. The van der Waals surface area contributed by atoms with Gasteiger partial charge in [0.05, 0.1) is 6.54 Å². The highest BCUT2D eigenvalue weighted by molar-refractivity contribution is 7.98. The molecule has 0 unspecified atom stereocenters. The topological polar surface area (TPSA) is 96.3 Å². The summed E-state index contributed by atoms with van der Waals surface area (Å²) in [6.07, 6.45) is 6.18. The molecule has 2 aliphatic rings. The minimum Gasteiger partial charge on any atom is -0.351 e. The van der Waals surface area contributed by atoms with Crippen LogP contribution in [0.1, 0.15) is 66.1 Å². The summed E-state index contributed by atoms with van der Waals surface area (Å²) in [5, 5.41) is 10.4. The van der Waals surface area contributed by atoms with Crippen molar-refractivity contribution in [3.63, 3.8) is 0 Å². The maximum absolute atomic E-state index is 13.2. The van der Waals surface area contributed by atoms with Gasteiger partial charge in [0.25, 0.3) is 11.8 Å². The molecule has 3 amide bonds. The lowest BCUT2D eigenvalue weighted by Gasteiger charge is -2.43. The average Bonchev–Trinajstić information content (AvgIpc) is 3.48. The maximum Gasteiger partial charge on any atom is 0.273 e. The second kappa shape index (κ2) is 9.59. The van der Waals surface area contributed by atoms with Crippen molar-refractivity contribution in [2.45, 2.75) is 69.1 Å². The van der Waals surface area contributed by atoms with Crippen molar-refractivity contribution in [1.82, 2.24) is 25.3 Å². The predicted molar refractivity (Wildman–Crippen MR) is 127 cm³/mol. The van der Waals surface area contributed by atoms with Gasteiger partial charge in [-0.25, -0.2) is 0 Å². The number of hydrogen-bond donors (Lipinski definition) is 2. The third-order valence-electron chi connectivity index (χ3n) is 6.64. The molecule has 1 aromatic heterocycles. The first kappa shape index (κ1) is 23.4. The van der Waals surface area contributed by atoms with Crippen molar-refractivity contribution >= 4 is 29.5 Å². The number of benzene rings is 1. The van der Waals surface area contributed by atoms with E-state index in [-0.39, 0.29) is 36.0 Å². The van der Waals surface area contributed by atoms with Crippen LogP contribution in [0.15, 0.2) is 35.2 Å². The van der Waals surface area contributed by atoms with Gasteiger partial charge in [-0.15, -0.1) is 11.8 Å². The van der Waals surface area contributed by atoms with E-state index in [1.165, 1.54) is 10.7 Å². The molecular weight excluding hydrogens is 438 g/mol. The van der Waals surface area contributed by atoms with Crippen LogP contribution in [0.3, 0.4) is 0 Å². The Morgan fingerprint density at radius 1 is 1.21 bits per heavy atom. The molecule has 176 valence electrons. The largest absolute Gasteiger partial charge is 0.351 e. The first-order valence-corrected chi connectivity index (χ1v) is 12.7. The fourth-order valence-electron chi connectivity index (χ4n) is 4.67. The van der Waals surface area contributed by atoms with Crippen molar-refractivity contribution in [1.29, 1.82) is 0 Å². The van der Waals surface area contributed by atoms with Crippen molar-refractivity contribution in [2.75, 3.05) is 12.8 Å². The lowest BCUT2D eigenvalue weighted by molar-refractivity contribution is -0.133. The molecule has 9 heteroatoms. The summed E-state index contributed by atoms with van der Waals surface area (Å²) in [4.78, 5) is 41.9. The Morgan fingerprint density at radius 2 is 1.91 bits per heavy atom. The number of nitrogens with zero attached hydrogens (tertiary/aromatic N) is 3. The molecule has 0 radical (unpaired) electrons. The van der Waals surface area contributed by atoms with Crippen LogP contribution >= 0.6 is 11.8 Å². The fraction of sp³-hybridized carbons (Fsp3) is 0.500. The molecule has 0 bridgehead atoms. The Bertz CT molecular complexity index is 1040. The van der Waals surface area contributed by atoms with E-state index in [0.29, 0.717) is 18.8 Å². The quantitative estimate of drug-likeness (QED) is 0.608. The molecule has 2 heterocycles. The average molecular weight is 470 g/mol. The molecule has 2 N–H and O–H groups in total. The fourth-order valence-corrected chi connectivity index (χ4v) is 5.08. The molecule has 0 spiro atoms. The molecule has 1 saturated carbocycles. The monoisotopic (exact) mass is 469 g/mol. The number of rotatable bonds is 7. The van der Waals surface area contributed by atoms with Gasteiger partial charge in [-0.05, 0) is 50.6 Å². The number of likely N-dealkylation sites (N-methyl/N-ethyl adjacent to an activating group) is 1. The molecule has 8 nitrogen and oxygen atoms in total. The summed E-state index contributed by atoms with van der Waals surface area (Å²) in [5.41, 5.74) is 0.433.